The van der Waals surface area contributed by atoms with Gasteiger partial charge in [0.2, 0.25) is 0 Å². The van der Waals surface area contributed by atoms with E-state index in [1.807, 2.05) is 114 Å². The van der Waals surface area contributed by atoms with Crippen LogP contribution in [-0.4, -0.2) is 56.4 Å². The van der Waals surface area contributed by atoms with Crippen LogP contribution in [0.25, 0.3) is 61.9 Å². The summed E-state index contributed by atoms with van der Waals surface area (Å²) >= 11 is 3.70. The second-order valence-electron chi connectivity index (χ2n) is 14.1. The van der Waals surface area contributed by atoms with Gasteiger partial charge in [-0.2, -0.15) is 18.3 Å². The maximum Gasteiger partial charge on any atom is 2.00 e. The van der Waals surface area contributed by atoms with Crippen LogP contribution < -0.4 is 19.1 Å². The van der Waals surface area contributed by atoms with Crippen molar-refractivity contribution in [1.29, 1.82) is 5.41 Å². The fraction of sp³-hybridized carbons (Fsp3) is 0.0192. The molecule has 0 amide bonds. The molecule has 4 heterocycles. The fourth-order valence-electron chi connectivity index (χ4n) is 6.57. The van der Waals surface area contributed by atoms with E-state index in [0.717, 1.165) is 33.6 Å². The van der Waals surface area contributed by atoms with Crippen molar-refractivity contribution < 1.29 is 61.2 Å². The Bertz CT molecular complexity index is 2990. The van der Waals surface area contributed by atoms with E-state index < -0.39 is 17.6 Å². The van der Waals surface area contributed by atoms with Crippen LogP contribution in [0.2, 0.25) is 0 Å². The van der Waals surface area contributed by atoms with E-state index in [1.54, 1.807) is 12.1 Å². The number of nitrogens with zero attached hydrogens (tertiary/aromatic N) is 6. The van der Waals surface area contributed by atoms with E-state index in [4.69, 9.17) is 30.8 Å². The van der Waals surface area contributed by atoms with Crippen LogP contribution in [-0.2, 0) is 33.9 Å². The van der Waals surface area contributed by atoms with Gasteiger partial charge >= 0.3 is 25.7 Å². The number of pyridine rings is 4. The predicted molar refractivity (Wildman–Crippen MR) is 263 cm³/mol. The molecular formula is C52H35F3N8O6RuS. The minimum atomic E-state index is -4.84. The Hall–Kier alpha value is -8.89. The predicted octanol–water partition coefficient (Wildman–Crippen LogP) is 12.3. The first-order valence-electron chi connectivity index (χ1n) is 20.4. The van der Waals surface area contributed by atoms with Gasteiger partial charge < -0.3 is 30.3 Å². The fourth-order valence-corrected chi connectivity index (χ4v) is 6.57. The van der Waals surface area contributed by atoms with Crippen LogP contribution in [0.1, 0.15) is 5.69 Å². The van der Waals surface area contributed by atoms with Crippen LogP contribution in [0.3, 0.4) is 0 Å². The zero-order chi connectivity index (χ0) is 49.9. The molecule has 4 aromatic heterocycles. The second-order valence-corrected chi connectivity index (χ2v) is 14.3. The molecule has 0 bridgehead atoms. The number of isothiocyanates is 1. The van der Waals surface area contributed by atoms with Gasteiger partial charge in [-0.05, 0) is 76.9 Å². The van der Waals surface area contributed by atoms with Gasteiger partial charge in [-0.3, -0.25) is 34.7 Å². The minimum absolute atomic E-state index is 0. The maximum absolute atomic E-state index is 12.9. The van der Waals surface area contributed by atoms with E-state index in [-0.39, 0.29) is 48.9 Å². The number of benzene rings is 4. The van der Waals surface area contributed by atoms with E-state index in [0.29, 0.717) is 47.5 Å². The maximum atomic E-state index is 12.9. The van der Waals surface area contributed by atoms with Crippen molar-refractivity contribution >= 4 is 65.3 Å². The molecule has 0 radical (unpaired) electrons. The van der Waals surface area contributed by atoms with Crippen LogP contribution in [0.15, 0.2) is 182 Å². The number of rotatable bonds is 15. The van der Waals surface area contributed by atoms with Crippen LogP contribution in [0.5, 0.6) is 17.2 Å². The monoisotopic (exact) mass is 1060 g/mol. The molecule has 0 saturated carbocycles. The number of carbonyl (C=O) groups is 3. The SMILES string of the molecule is N=C(/C=C(\[NH-])c1cc(N(c2ccc(-c3ccccc3)cc2)c2ccc(-c3ccccc3)cc2)ccn1)C(F)(F)F.O=COc1ccnc(-c2cc(OC=O)cc(-c3cc(OC=O)ccn3)n2)c1.[N-]=C=S.[Ru+2]. The van der Waals surface area contributed by atoms with E-state index >= 15 is 0 Å². The molecular weight excluding hydrogens is 1020 g/mol. The number of allylic oxidation sites excluding steroid dienone is 1. The molecule has 0 unspecified atom stereocenters. The molecule has 0 aliphatic heterocycles. The van der Waals surface area contributed by atoms with Gasteiger partial charge in [0.15, 0.2) is 0 Å². The molecule has 19 heteroatoms. The molecule has 0 aliphatic rings. The minimum Gasteiger partial charge on any atom is -0.753 e. The van der Waals surface area contributed by atoms with Gasteiger partial charge in [0.1, 0.15) is 23.0 Å². The number of halogens is 3. The van der Waals surface area contributed by atoms with Crippen molar-refractivity contribution in [2.45, 2.75) is 6.18 Å². The summed E-state index contributed by atoms with van der Waals surface area (Å²) in [4.78, 5) is 50.7. The molecule has 8 rings (SSSR count). The van der Waals surface area contributed by atoms with Gasteiger partial charge in [0.25, 0.3) is 19.4 Å². The number of anilines is 3. The number of thiocarbonyl (C=S) groups is 1. The number of carbonyl (C=O) groups excluding carboxylic acids is 3. The first-order chi connectivity index (χ1) is 33.9. The number of hydrogen-bond donors (Lipinski definition) is 1. The Morgan fingerprint density at radius 3 is 1.39 bits per heavy atom. The zero-order valence-corrected chi connectivity index (χ0v) is 39.1. The molecule has 354 valence electrons. The van der Waals surface area contributed by atoms with Crippen molar-refractivity contribution in [2.75, 3.05) is 4.90 Å². The average molecular weight is 1060 g/mol. The number of hydrogen-bond acceptors (Lipinski definition) is 13. The molecule has 0 saturated heterocycles. The molecule has 0 aliphatic carbocycles. The summed E-state index contributed by atoms with van der Waals surface area (Å²) in [7, 11) is 0. The van der Waals surface area contributed by atoms with E-state index in [1.165, 1.54) is 60.1 Å². The third-order valence-electron chi connectivity index (χ3n) is 9.68. The zero-order valence-electron chi connectivity index (χ0n) is 36.6. The Labute approximate surface area is 422 Å². The summed E-state index contributed by atoms with van der Waals surface area (Å²) in [5.74, 6) is 0.760. The average Bonchev–Trinajstić information content (AvgIpc) is 3.38. The van der Waals surface area contributed by atoms with Crippen LogP contribution in [0.4, 0.5) is 30.2 Å². The largest absolute Gasteiger partial charge is 2.00 e. The van der Waals surface area contributed by atoms with Gasteiger partial charge in [-0.25, -0.2) is 4.98 Å². The molecule has 0 fully saturated rings. The molecule has 2 N–H and O–H groups in total. The number of aromatic nitrogens is 4. The van der Waals surface area contributed by atoms with Crippen molar-refractivity contribution in [3.8, 4) is 62.3 Å². The number of ether oxygens (including phenoxy) is 3. The Balaban J connectivity index is 0.000000263. The molecule has 14 nitrogen and oxygen atoms in total. The van der Waals surface area contributed by atoms with Crippen molar-refractivity contribution in [3.63, 3.8) is 0 Å². The smallest absolute Gasteiger partial charge is 0.753 e. The summed E-state index contributed by atoms with van der Waals surface area (Å²) < 4.78 is 53.3. The van der Waals surface area contributed by atoms with Gasteiger partial charge in [-0.15, -0.1) is 5.70 Å². The van der Waals surface area contributed by atoms with Crippen LogP contribution >= 0.6 is 12.2 Å². The Morgan fingerprint density at radius 2 is 0.972 bits per heavy atom. The summed E-state index contributed by atoms with van der Waals surface area (Å²) in [6, 6.07) is 48.2. The topological polar surface area (TPSA) is 204 Å². The standard InChI is InChI=1S/C33H24F3N4.C18H11N3O6.CNS.Ru/c34-33(35,36)32(38)22-30(37)31-21-29(19-20-39-31)40(27-15-11-25(12-16-27)23-7-3-1-4-8-23)28-17-13-26(14-18-28)24-9-5-2-6-10-24;22-9-25-12-1-3-19-15(5-12)17-7-14(27-11-24)8-18(21-17)16-6-13(26-10-23)2-4-20-16;2-1-3;/h1-22,37-38H;1-11H;;/q-1;;-1;+2/b30-22-,38-32?;;;. The van der Waals surface area contributed by atoms with Crippen molar-refractivity contribution in [1.82, 2.24) is 19.9 Å². The molecule has 4 aromatic carbocycles. The van der Waals surface area contributed by atoms with Gasteiger partial charge in [-0.1, -0.05) is 97.1 Å². The van der Waals surface area contributed by atoms with Gasteiger partial charge in [0.05, 0.1) is 22.8 Å². The second kappa shape index (κ2) is 26.0. The molecule has 0 atom stereocenters. The van der Waals surface area contributed by atoms with E-state index in [2.05, 4.69) is 32.2 Å². The van der Waals surface area contributed by atoms with E-state index in [9.17, 15) is 27.6 Å². The van der Waals surface area contributed by atoms with Crippen LogP contribution in [0, 0.1) is 5.41 Å². The summed E-state index contributed by atoms with van der Waals surface area (Å²) in [6.45, 7) is 0.875. The van der Waals surface area contributed by atoms with Crippen molar-refractivity contribution in [3.05, 3.63) is 199 Å². The number of nitrogens with one attached hydrogen (secondary N) is 2. The quantitative estimate of drug-likeness (QED) is 0.0441. The third-order valence-corrected chi connectivity index (χ3v) is 9.68. The number of alkyl halides is 3. The Kier molecular flexibility index (Phi) is 19.5. The van der Waals surface area contributed by atoms with Gasteiger partial charge in [0, 0.05) is 65.6 Å². The normalized spacial score (nSPS) is 10.5. The first-order valence-corrected chi connectivity index (χ1v) is 20.8. The molecule has 71 heavy (non-hydrogen) atoms. The first kappa shape index (κ1) is 53.1. The third kappa shape index (κ3) is 14.8. The molecule has 8 aromatic rings. The summed E-state index contributed by atoms with van der Waals surface area (Å²) in [6.07, 6.45) is -0.0240. The Morgan fingerprint density at radius 1 is 0.577 bits per heavy atom. The summed E-state index contributed by atoms with van der Waals surface area (Å²) in [5.41, 5.74) is 14.0. The molecule has 0 spiro atoms. The summed E-state index contributed by atoms with van der Waals surface area (Å²) in [5, 5.41) is 15.7. The van der Waals surface area contributed by atoms with Crippen molar-refractivity contribution in [2.24, 2.45) is 0 Å².